The summed E-state index contributed by atoms with van der Waals surface area (Å²) < 4.78 is 0. The molecular formula is C23H31N7O2. The van der Waals surface area contributed by atoms with Crippen LogP contribution in [0.1, 0.15) is 49.4 Å². The van der Waals surface area contributed by atoms with Gasteiger partial charge in [-0.25, -0.2) is 9.78 Å². The van der Waals surface area contributed by atoms with Crippen LogP contribution in [0.15, 0.2) is 29.1 Å². The summed E-state index contributed by atoms with van der Waals surface area (Å²) in [5.74, 6) is 1.01. The molecule has 2 amide bonds. The van der Waals surface area contributed by atoms with Crippen molar-refractivity contribution in [2.45, 2.75) is 44.1 Å². The highest BCUT2D eigenvalue weighted by Gasteiger charge is 2.34. The average Bonchev–Trinajstić information content (AvgIpc) is 2.73. The SMILES string of the molecule is CN(C)c1cccc(NC(=O)N2CC(c3nc(NC4CCCCC4)c(C=N)c(=O)[nH]3)C2)c1. The number of aromatic amines is 1. The molecule has 2 heterocycles. The van der Waals surface area contributed by atoms with E-state index < -0.39 is 0 Å². The number of H-pyrrole nitrogens is 1. The second kappa shape index (κ2) is 9.42. The van der Waals surface area contributed by atoms with Gasteiger partial charge in [-0.05, 0) is 31.0 Å². The summed E-state index contributed by atoms with van der Waals surface area (Å²) in [5, 5.41) is 13.9. The third kappa shape index (κ3) is 4.76. The summed E-state index contributed by atoms with van der Waals surface area (Å²) in [5.41, 5.74) is 1.70. The van der Waals surface area contributed by atoms with Gasteiger partial charge < -0.3 is 30.8 Å². The first-order valence-electron chi connectivity index (χ1n) is 11.2. The number of amides is 2. The normalized spacial score (nSPS) is 16.9. The molecule has 2 aromatic rings. The molecule has 1 saturated carbocycles. The van der Waals surface area contributed by atoms with Crippen LogP contribution in [-0.2, 0) is 0 Å². The van der Waals surface area contributed by atoms with E-state index in [-0.39, 0.29) is 29.1 Å². The largest absolute Gasteiger partial charge is 0.378 e. The predicted octanol–water partition coefficient (Wildman–Crippen LogP) is 3.21. The minimum Gasteiger partial charge on any atom is -0.378 e. The summed E-state index contributed by atoms with van der Waals surface area (Å²) in [6.45, 7) is 0.962. The lowest BCUT2D eigenvalue weighted by atomic mass is 9.95. The number of nitrogens with one attached hydrogen (secondary N) is 4. The van der Waals surface area contributed by atoms with Crippen molar-refractivity contribution in [2.24, 2.45) is 0 Å². The number of rotatable bonds is 6. The molecule has 1 saturated heterocycles. The molecule has 2 fully saturated rings. The molecule has 2 aliphatic rings. The van der Waals surface area contributed by atoms with Crippen LogP contribution in [0, 0.1) is 5.41 Å². The molecule has 0 spiro atoms. The summed E-state index contributed by atoms with van der Waals surface area (Å²) in [6, 6.07) is 7.79. The number of anilines is 3. The Morgan fingerprint density at radius 3 is 2.69 bits per heavy atom. The Kier molecular flexibility index (Phi) is 6.43. The number of carbonyl (C=O) groups is 1. The van der Waals surface area contributed by atoms with Crippen LogP contribution in [0.4, 0.5) is 22.0 Å². The Labute approximate surface area is 187 Å². The highest BCUT2D eigenvalue weighted by atomic mass is 16.2. The van der Waals surface area contributed by atoms with E-state index in [1.165, 1.54) is 6.42 Å². The molecular weight excluding hydrogens is 406 g/mol. The van der Waals surface area contributed by atoms with E-state index >= 15 is 0 Å². The highest BCUT2D eigenvalue weighted by molar-refractivity contribution is 5.90. The quantitative estimate of drug-likeness (QED) is 0.518. The average molecular weight is 438 g/mol. The van der Waals surface area contributed by atoms with Gasteiger partial charge in [0.1, 0.15) is 11.6 Å². The van der Waals surface area contributed by atoms with Crippen LogP contribution in [0.3, 0.4) is 0 Å². The minimum atomic E-state index is -0.313. The fourth-order valence-electron chi connectivity index (χ4n) is 4.26. The zero-order valence-corrected chi connectivity index (χ0v) is 18.6. The number of nitrogens with zero attached hydrogens (tertiary/aromatic N) is 3. The van der Waals surface area contributed by atoms with E-state index in [1.807, 2.05) is 43.3 Å². The van der Waals surface area contributed by atoms with Crippen LogP contribution in [0.25, 0.3) is 0 Å². The topological polar surface area (TPSA) is 117 Å². The molecule has 1 aromatic heterocycles. The van der Waals surface area contributed by atoms with Crippen molar-refractivity contribution in [1.29, 1.82) is 5.41 Å². The van der Waals surface area contributed by atoms with Crippen LogP contribution >= 0.6 is 0 Å². The lowest BCUT2D eigenvalue weighted by molar-refractivity contribution is 0.160. The molecule has 0 unspecified atom stereocenters. The van der Waals surface area contributed by atoms with Crippen molar-refractivity contribution >= 4 is 29.4 Å². The Morgan fingerprint density at radius 1 is 1.25 bits per heavy atom. The van der Waals surface area contributed by atoms with Gasteiger partial charge >= 0.3 is 6.03 Å². The van der Waals surface area contributed by atoms with Gasteiger partial charge in [0, 0.05) is 50.8 Å². The van der Waals surface area contributed by atoms with Crippen LogP contribution in [-0.4, -0.2) is 60.3 Å². The summed E-state index contributed by atoms with van der Waals surface area (Å²) >= 11 is 0. The van der Waals surface area contributed by atoms with Crippen molar-refractivity contribution in [3.05, 3.63) is 46.0 Å². The standard InChI is InChI=1S/C23H31N7O2/c1-29(2)18-10-6-9-17(11-18)26-23(32)30-13-15(14-30)20-27-21(19(12-24)22(31)28-20)25-16-7-4-3-5-8-16/h6,9-12,15-16,24H,3-5,7-8,13-14H2,1-2H3,(H,26,32)(H2,25,27,28,31). The van der Waals surface area contributed by atoms with E-state index in [4.69, 9.17) is 5.41 Å². The van der Waals surface area contributed by atoms with E-state index in [1.54, 1.807) is 4.90 Å². The smallest absolute Gasteiger partial charge is 0.321 e. The molecule has 32 heavy (non-hydrogen) atoms. The first kappa shape index (κ1) is 21.9. The van der Waals surface area contributed by atoms with Gasteiger partial charge in [0.25, 0.3) is 5.56 Å². The van der Waals surface area contributed by atoms with Gasteiger partial charge in [-0.1, -0.05) is 25.3 Å². The van der Waals surface area contributed by atoms with Gasteiger partial charge in [0.15, 0.2) is 0 Å². The molecule has 0 radical (unpaired) electrons. The number of benzene rings is 1. The van der Waals surface area contributed by atoms with Gasteiger partial charge in [-0.2, -0.15) is 0 Å². The first-order valence-corrected chi connectivity index (χ1v) is 11.2. The highest BCUT2D eigenvalue weighted by Crippen LogP contribution is 2.27. The number of hydrogen-bond donors (Lipinski definition) is 4. The first-order chi connectivity index (χ1) is 15.4. The predicted molar refractivity (Wildman–Crippen MR) is 127 cm³/mol. The molecule has 9 heteroatoms. The minimum absolute atomic E-state index is 0.0340. The molecule has 0 bridgehead atoms. The third-order valence-electron chi connectivity index (χ3n) is 6.23. The van der Waals surface area contributed by atoms with E-state index in [0.717, 1.165) is 43.3 Å². The zero-order valence-electron chi connectivity index (χ0n) is 18.6. The van der Waals surface area contributed by atoms with Crippen molar-refractivity contribution in [3.8, 4) is 0 Å². The van der Waals surface area contributed by atoms with Gasteiger partial charge in [-0.15, -0.1) is 0 Å². The number of likely N-dealkylation sites (tertiary alicyclic amines) is 1. The molecule has 1 aromatic carbocycles. The maximum atomic E-state index is 12.6. The molecule has 4 N–H and O–H groups in total. The molecule has 1 aliphatic carbocycles. The van der Waals surface area contributed by atoms with Crippen molar-refractivity contribution in [3.63, 3.8) is 0 Å². The lowest BCUT2D eigenvalue weighted by Crippen LogP contribution is -2.51. The van der Waals surface area contributed by atoms with Gasteiger partial charge in [-0.3, -0.25) is 4.79 Å². The Hall–Kier alpha value is -3.36. The number of urea groups is 1. The zero-order chi connectivity index (χ0) is 22.7. The van der Waals surface area contributed by atoms with E-state index in [9.17, 15) is 9.59 Å². The van der Waals surface area contributed by atoms with Crippen LogP contribution in [0.2, 0.25) is 0 Å². The Bertz CT molecular complexity index is 1040. The third-order valence-corrected chi connectivity index (χ3v) is 6.23. The fourth-order valence-corrected chi connectivity index (χ4v) is 4.26. The van der Waals surface area contributed by atoms with Gasteiger partial charge in [0.05, 0.1) is 11.5 Å². The van der Waals surface area contributed by atoms with Crippen molar-refractivity contribution in [1.82, 2.24) is 14.9 Å². The monoisotopic (exact) mass is 437 g/mol. The maximum Gasteiger partial charge on any atom is 0.321 e. The number of hydrogen-bond acceptors (Lipinski definition) is 6. The number of carbonyl (C=O) groups excluding carboxylic acids is 1. The second-order valence-corrected chi connectivity index (χ2v) is 8.81. The summed E-state index contributed by atoms with van der Waals surface area (Å²) in [4.78, 5) is 36.3. The molecule has 9 nitrogen and oxygen atoms in total. The van der Waals surface area contributed by atoms with E-state index in [2.05, 4.69) is 20.6 Å². The molecule has 170 valence electrons. The van der Waals surface area contributed by atoms with Crippen LogP contribution < -0.4 is 21.1 Å². The molecule has 4 rings (SSSR count). The summed E-state index contributed by atoms with van der Waals surface area (Å²) in [6.07, 6.45) is 6.73. The molecule has 0 atom stereocenters. The number of aromatic nitrogens is 2. The van der Waals surface area contributed by atoms with Gasteiger partial charge in [0.2, 0.25) is 0 Å². The Balaban J connectivity index is 1.41. The molecule has 1 aliphatic heterocycles. The lowest BCUT2D eigenvalue weighted by Gasteiger charge is -2.38. The maximum absolute atomic E-state index is 12.6. The van der Waals surface area contributed by atoms with Crippen molar-refractivity contribution < 1.29 is 4.79 Å². The van der Waals surface area contributed by atoms with Crippen LogP contribution in [0.5, 0.6) is 0 Å². The van der Waals surface area contributed by atoms with E-state index in [0.29, 0.717) is 24.7 Å². The Morgan fingerprint density at radius 2 is 2.00 bits per heavy atom. The second-order valence-electron chi connectivity index (χ2n) is 8.81. The fraction of sp³-hybridized carbons (Fsp3) is 0.478. The summed E-state index contributed by atoms with van der Waals surface area (Å²) in [7, 11) is 3.91. The van der Waals surface area contributed by atoms with Crippen molar-refractivity contribution in [2.75, 3.05) is 42.7 Å².